The zero-order valence-corrected chi connectivity index (χ0v) is 18.1. The minimum atomic E-state index is -4.97. The molecule has 0 unspecified atom stereocenters. The van der Waals surface area contributed by atoms with Crippen molar-refractivity contribution in [2.75, 3.05) is 5.01 Å². The Labute approximate surface area is 187 Å². The minimum Gasteiger partial charge on any atom is -0.507 e. The molecule has 0 spiro atoms. The van der Waals surface area contributed by atoms with Gasteiger partial charge in [0.25, 0.3) is 5.72 Å². The predicted molar refractivity (Wildman–Crippen MR) is 118 cm³/mol. The second-order valence-electron chi connectivity index (χ2n) is 6.81. The smallest absolute Gasteiger partial charge is 0.438 e. The van der Waals surface area contributed by atoms with Crippen molar-refractivity contribution in [3.05, 3.63) is 70.0 Å². The number of hydrogen-bond acceptors (Lipinski definition) is 6. The Morgan fingerprint density at radius 1 is 1.10 bits per heavy atom. The van der Waals surface area contributed by atoms with Crippen molar-refractivity contribution in [3.63, 3.8) is 0 Å². The minimum absolute atomic E-state index is 0.00321. The van der Waals surface area contributed by atoms with Crippen LogP contribution in [0.1, 0.15) is 12.0 Å². The summed E-state index contributed by atoms with van der Waals surface area (Å²) >= 11 is 4.29. The fraction of sp³-hybridized carbons (Fsp3) is 0.143. The molecule has 0 saturated carbocycles. The first-order valence-corrected chi connectivity index (χ1v) is 10.7. The monoisotopic (exact) mass is 509 g/mol. The molecule has 2 aromatic carbocycles. The number of hydrogen-bond donors (Lipinski definition) is 2. The largest absolute Gasteiger partial charge is 0.507 e. The molecule has 1 atom stereocenters. The maximum absolute atomic E-state index is 13.8. The summed E-state index contributed by atoms with van der Waals surface area (Å²) in [5.41, 5.74) is -1.59. The SMILES string of the molecule is Oc1ccccc1/C=C/C1=NN(c2nc(-c3ccc(Br)cc3)cs2)[C@](O)(C(F)(F)F)C1. The first-order chi connectivity index (χ1) is 14.7. The van der Waals surface area contributed by atoms with Gasteiger partial charge in [-0.1, -0.05) is 46.3 Å². The highest BCUT2D eigenvalue weighted by molar-refractivity contribution is 9.10. The van der Waals surface area contributed by atoms with Crippen LogP contribution in [0.4, 0.5) is 18.3 Å². The number of phenols is 1. The lowest BCUT2D eigenvalue weighted by Gasteiger charge is -2.32. The number of anilines is 1. The molecule has 4 rings (SSSR count). The van der Waals surface area contributed by atoms with Crippen molar-refractivity contribution in [2.24, 2.45) is 5.10 Å². The summed E-state index contributed by atoms with van der Waals surface area (Å²) in [6.07, 6.45) is -2.95. The van der Waals surface area contributed by atoms with Gasteiger partial charge in [0.15, 0.2) is 0 Å². The number of halogens is 4. The Hall–Kier alpha value is -2.69. The molecule has 1 aliphatic heterocycles. The first-order valence-electron chi connectivity index (χ1n) is 9.02. The van der Waals surface area contributed by atoms with Crippen LogP contribution in [0.15, 0.2) is 69.6 Å². The number of aliphatic hydroxyl groups is 1. The molecule has 0 bridgehead atoms. The Morgan fingerprint density at radius 2 is 1.81 bits per heavy atom. The molecule has 0 radical (unpaired) electrons. The predicted octanol–water partition coefficient (Wildman–Crippen LogP) is 5.81. The number of thiazole rings is 1. The van der Waals surface area contributed by atoms with E-state index in [9.17, 15) is 23.4 Å². The first kappa shape index (κ1) is 21.5. The van der Waals surface area contributed by atoms with Gasteiger partial charge in [-0.3, -0.25) is 0 Å². The highest BCUT2D eigenvalue weighted by Gasteiger charge is 2.62. The van der Waals surface area contributed by atoms with E-state index in [0.29, 0.717) is 16.3 Å². The molecular weight excluding hydrogens is 495 g/mol. The average Bonchev–Trinajstić information content (AvgIpc) is 3.33. The third-order valence-corrected chi connectivity index (χ3v) is 6.01. The van der Waals surface area contributed by atoms with Gasteiger partial charge >= 0.3 is 6.18 Å². The van der Waals surface area contributed by atoms with E-state index in [0.717, 1.165) is 21.4 Å². The molecule has 31 heavy (non-hydrogen) atoms. The van der Waals surface area contributed by atoms with Crippen molar-refractivity contribution in [2.45, 2.75) is 18.3 Å². The molecule has 0 fully saturated rings. The summed E-state index contributed by atoms with van der Waals surface area (Å²) in [6.45, 7) is 0. The molecule has 2 N–H and O–H groups in total. The van der Waals surface area contributed by atoms with E-state index in [-0.39, 0.29) is 16.6 Å². The van der Waals surface area contributed by atoms with Crippen molar-refractivity contribution >= 4 is 44.2 Å². The van der Waals surface area contributed by atoms with E-state index in [1.54, 1.807) is 47.8 Å². The highest BCUT2D eigenvalue weighted by Crippen LogP contribution is 2.44. The number of rotatable bonds is 4. The number of aromatic nitrogens is 1. The standard InChI is InChI=1S/C21H15BrF3N3O2S/c22-15-8-5-13(6-9-15)17-12-31-19(26-17)28-20(30,21(23,24)25)11-16(27-28)10-7-14-3-1-2-4-18(14)29/h1-10,12,29-30H,11H2/b10-7+/t20-/m1/s1. The van der Waals surface area contributed by atoms with E-state index >= 15 is 0 Å². The molecule has 0 aliphatic carbocycles. The maximum atomic E-state index is 13.8. The van der Waals surface area contributed by atoms with Crippen LogP contribution in [0.5, 0.6) is 5.75 Å². The Bertz CT molecular complexity index is 1160. The molecule has 0 saturated heterocycles. The van der Waals surface area contributed by atoms with Gasteiger partial charge in [0.1, 0.15) is 5.75 Å². The fourth-order valence-electron chi connectivity index (χ4n) is 3.02. The summed E-state index contributed by atoms with van der Waals surface area (Å²) in [6, 6.07) is 13.6. The molecular formula is C21H15BrF3N3O2S. The Kier molecular flexibility index (Phi) is 5.63. The number of benzene rings is 2. The van der Waals surface area contributed by atoms with Crippen LogP contribution in [-0.4, -0.2) is 32.8 Å². The van der Waals surface area contributed by atoms with Crippen LogP contribution < -0.4 is 5.01 Å². The summed E-state index contributed by atoms with van der Waals surface area (Å²) in [7, 11) is 0. The number of hydrazone groups is 1. The number of para-hydroxylation sites is 1. The molecule has 1 aromatic heterocycles. The highest BCUT2D eigenvalue weighted by atomic mass is 79.9. The lowest BCUT2D eigenvalue weighted by molar-refractivity contribution is -0.254. The van der Waals surface area contributed by atoms with E-state index in [1.807, 2.05) is 0 Å². The van der Waals surface area contributed by atoms with Gasteiger partial charge in [0.2, 0.25) is 5.13 Å². The Morgan fingerprint density at radius 3 is 2.48 bits per heavy atom. The zero-order chi connectivity index (χ0) is 22.2. The van der Waals surface area contributed by atoms with Crippen molar-refractivity contribution < 1.29 is 23.4 Å². The number of nitrogens with zero attached hydrogens (tertiary/aromatic N) is 3. The van der Waals surface area contributed by atoms with Gasteiger partial charge < -0.3 is 10.2 Å². The van der Waals surface area contributed by atoms with Crippen molar-refractivity contribution in [1.82, 2.24) is 4.98 Å². The zero-order valence-electron chi connectivity index (χ0n) is 15.7. The Balaban J connectivity index is 1.68. The van der Waals surface area contributed by atoms with E-state index in [2.05, 4.69) is 26.0 Å². The molecule has 10 heteroatoms. The number of phenolic OH excluding ortho intramolecular Hbond substituents is 1. The number of allylic oxidation sites excluding steroid dienone is 1. The third kappa shape index (κ3) is 4.23. The van der Waals surface area contributed by atoms with Crippen LogP contribution in [0.25, 0.3) is 17.3 Å². The topological polar surface area (TPSA) is 69.0 Å². The fourth-order valence-corrected chi connectivity index (χ4v) is 4.13. The van der Waals surface area contributed by atoms with Gasteiger partial charge in [0.05, 0.1) is 17.8 Å². The summed E-state index contributed by atoms with van der Waals surface area (Å²) < 4.78 is 42.3. The van der Waals surface area contributed by atoms with E-state index in [1.165, 1.54) is 18.2 Å². The number of alkyl halides is 3. The van der Waals surface area contributed by atoms with Crippen LogP contribution in [0, 0.1) is 0 Å². The summed E-state index contributed by atoms with van der Waals surface area (Å²) in [5, 5.41) is 26.4. The second-order valence-corrected chi connectivity index (χ2v) is 8.56. The van der Waals surface area contributed by atoms with Gasteiger partial charge in [-0.2, -0.15) is 23.3 Å². The normalized spacial score (nSPS) is 19.3. The van der Waals surface area contributed by atoms with Crippen LogP contribution in [0.3, 0.4) is 0 Å². The molecule has 1 aliphatic rings. The van der Waals surface area contributed by atoms with Crippen LogP contribution in [0.2, 0.25) is 0 Å². The summed E-state index contributed by atoms with van der Waals surface area (Å²) in [4.78, 5) is 4.27. The summed E-state index contributed by atoms with van der Waals surface area (Å²) in [5.74, 6) is -0.0145. The van der Waals surface area contributed by atoms with E-state index < -0.39 is 18.3 Å². The third-order valence-electron chi connectivity index (χ3n) is 4.67. The van der Waals surface area contributed by atoms with Gasteiger partial charge in [-0.05, 0) is 30.4 Å². The molecule has 2 heterocycles. The lowest BCUT2D eigenvalue weighted by Crippen LogP contribution is -2.55. The molecule has 160 valence electrons. The van der Waals surface area contributed by atoms with Gasteiger partial charge in [-0.15, -0.1) is 11.3 Å². The molecule has 0 amide bonds. The molecule has 5 nitrogen and oxygen atoms in total. The van der Waals surface area contributed by atoms with Crippen LogP contribution in [-0.2, 0) is 0 Å². The van der Waals surface area contributed by atoms with Crippen LogP contribution >= 0.6 is 27.3 Å². The van der Waals surface area contributed by atoms with Gasteiger partial charge in [-0.25, -0.2) is 4.98 Å². The van der Waals surface area contributed by atoms with Crippen molar-refractivity contribution in [1.29, 1.82) is 0 Å². The van der Waals surface area contributed by atoms with Gasteiger partial charge in [0, 0.05) is 21.0 Å². The lowest BCUT2D eigenvalue weighted by atomic mass is 10.1. The quantitative estimate of drug-likeness (QED) is 0.465. The number of aromatic hydroxyl groups is 1. The second kappa shape index (κ2) is 8.10. The van der Waals surface area contributed by atoms with Crippen molar-refractivity contribution in [3.8, 4) is 17.0 Å². The average molecular weight is 510 g/mol. The molecule has 3 aromatic rings. The maximum Gasteiger partial charge on any atom is 0.438 e. The van der Waals surface area contributed by atoms with E-state index in [4.69, 9.17) is 0 Å².